The number of rotatable bonds is 4. The number of allylic oxidation sites excluding steroid dienone is 1. The number of esters is 1. The van der Waals surface area contributed by atoms with Crippen molar-refractivity contribution in [3.63, 3.8) is 0 Å². The van der Waals surface area contributed by atoms with Gasteiger partial charge in [-0.2, -0.15) is 0 Å². The van der Waals surface area contributed by atoms with Gasteiger partial charge in [0.15, 0.2) is 0 Å². The average Bonchev–Trinajstić information content (AvgIpc) is 3.26. The van der Waals surface area contributed by atoms with Gasteiger partial charge in [0.25, 0.3) is 5.69 Å². The first-order valence-corrected chi connectivity index (χ1v) is 13.1. The van der Waals surface area contributed by atoms with E-state index in [1.165, 1.54) is 25.3 Å². The van der Waals surface area contributed by atoms with E-state index in [4.69, 9.17) is 9.47 Å². The van der Waals surface area contributed by atoms with Crippen LogP contribution in [-0.4, -0.2) is 29.8 Å². The minimum absolute atomic E-state index is 0.163. The van der Waals surface area contributed by atoms with E-state index in [9.17, 15) is 24.5 Å². The second-order valence-electron chi connectivity index (χ2n) is 10.3. The van der Waals surface area contributed by atoms with Gasteiger partial charge in [0, 0.05) is 16.9 Å². The molecule has 9 heteroatoms. The lowest BCUT2D eigenvalue weighted by atomic mass is 9.64. The maximum absolute atomic E-state index is 14.2. The number of fused-ring (bicyclic) bond motifs is 7. The molecule has 0 N–H and O–H groups in total. The Hall–Kier alpha value is -5.31. The Morgan fingerprint density at radius 3 is 2.37 bits per heavy atom. The molecule has 0 radical (unpaired) electrons. The molecule has 4 aromatic rings. The van der Waals surface area contributed by atoms with Gasteiger partial charge in [0.1, 0.15) is 17.2 Å². The highest BCUT2D eigenvalue weighted by atomic mass is 16.6. The van der Waals surface area contributed by atoms with Gasteiger partial charge < -0.3 is 9.47 Å². The molecule has 2 aliphatic heterocycles. The zero-order valence-corrected chi connectivity index (χ0v) is 21.7. The van der Waals surface area contributed by atoms with Crippen molar-refractivity contribution in [1.29, 1.82) is 0 Å². The highest BCUT2D eigenvalue weighted by Gasteiger charge is 2.61. The Bertz CT molecular complexity index is 1830. The number of benzene rings is 4. The van der Waals surface area contributed by atoms with Crippen LogP contribution in [0.1, 0.15) is 17.0 Å². The van der Waals surface area contributed by atoms with E-state index >= 15 is 0 Å². The standard InChI is InChI=1S/C32H22N2O7/c1-40-19-12-14-24(25(15-19)34(38)39)33-30(35)26-22(17-7-3-2-4-8-17)16-23-21-13-11-18-9-5-6-10-20(18)29(21)41-32(37)27(23)28(26)31(33)36/h2-16,22,26-28H,1H3/t22-,26+,27-,28+/m1/s1. The van der Waals surface area contributed by atoms with Crippen molar-refractivity contribution >= 4 is 45.5 Å². The number of amides is 2. The van der Waals surface area contributed by atoms with Crippen molar-refractivity contribution in [2.45, 2.75) is 5.92 Å². The molecule has 3 aliphatic rings. The van der Waals surface area contributed by atoms with E-state index in [1.807, 2.05) is 72.8 Å². The van der Waals surface area contributed by atoms with Crippen LogP contribution in [-0.2, 0) is 14.4 Å². The van der Waals surface area contributed by atoms with Gasteiger partial charge in [-0.15, -0.1) is 0 Å². The Morgan fingerprint density at radius 1 is 0.878 bits per heavy atom. The summed E-state index contributed by atoms with van der Waals surface area (Å²) < 4.78 is 11.0. The van der Waals surface area contributed by atoms with Crippen LogP contribution in [0.5, 0.6) is 11.5 Å². The summed E-state index contributed by atoms with van der Waals surface area (Å²) in [4.78, 5) is 54.2. The third-order valence-electron chi connectivity index (χ3n) is 8.29. The number of nitro groups is 1. The highest BCUT2D eigenvalue weighted by molar-refractivity contribution is 6.25. The summed E-state index contributed by atoms with van der Waals surface area (Å²) in [5, 5.41) is 13.7. The minimum atomic E-state index is -1.11. The first-order valence-electron chi connectivity index (χ1n) is 13.1. The Labute approximate surface area is 233 Å². The van der Waals surface area contributed by atoms with Crippen molar-refractivity contribution in [3.8, 4) is 11.5 Å². The first kappa shape index (κ1) is 24.7. The Morgan fingerprint density at radius 2 is 1.61 bits per heavy atom. The summed E-state index contributed by atoms with van der Waals surface area (Å²) in [7, 11) is 1.37. The molecule has 9 nitrogen and oxygen atoms in total. The third-order valence-corrected chi connectivity index (χ3v) is 8.29. The van der Waals surface area contributed by atoms with Crippen LogP contribution < -0.4 is 14.4 Å². The summed E-state index contributed by atoms with van der Waals surface area (Å²) in [5.41, 5.74) is 1.48. The van der Waals surface area contributed by atoms with Crippen LogP contribution >= 0.6 is 0 Å². The average molecular weight is 547 g/mol. The molecule has 2 heterocycles. The molecule has 202 valence electrons. The van der Waals surface area contributed by atoms with Gasteiger partial charge in [-0.3, -0.25) is 24.5 Å². The van der Waals surface area contributed by atoms with Crippen molar-refractivity contribution in [1.82, 2.24) is 0 Å². The minimum Gasteiger partial charge on any atom is -0.496 e. The zero-order chi connectivity index (χ0) is 28.4. The maximum atomic E-state index is 14.2. The number of nitrogens with zero attached hydrogens (tertiary/aromatic N) is 2. The fourth-order valence-corrected chi connectivity index (χ4v) is 6.49. The quantitative estimate of drug-likeness (QED) is 0.112. The topological polar surface area (TPSA) is 116 Å². The van der Waals surface area contributed by atoms with Crippen LogP contribution in [0.2, 0.25) is 0 Å². The molecular formula is C32H22N2O7. The van der Waals surface area contributed by atoms with Crippen molar-refractivity contribution < 1.29 is 28.8 Å². The number of anilines is 1. The molecule has 1 fully saturated rings. The van der Waals surface area contributed by atoms with Crippen LogP contribution in [0, 0.1) is 27.9 Å². The van der Waals surface area contributed by atoms with Crippen LogP contribution in [0.15, 0.2) is 91.0 Å². The zero-order valence-electron chi connectivity index (χ0n) is 21.7. The molecule has 41 heavy (non-hydrogen) atoms. The second-order valence-corrected chi connectivity index (χ2v) is 10.3. The lowest BCUT2D eigenvalue weighted by Gasteiger charge is -2.38. The maximum Gasteiger partial charge on any atom is 0.319 e. The number of methoxy groups -OCH3 is 1. The van der Waals surface area contributed by atoms with Gasteiger partial charge in [0.05, 0.1) is 35.9 Å². The van der Waals surface area contributed by atoms with Crippen LogP contribution in [0.4, 0.5) is 11.4 Å². The largest absolute Gasteiger partial charge is 0.496 e. The lowest BCUT2D eigenvalue weighted by Crippen LogP contribution is -2.42. The summed E-state index contributed by atoms with van der Waals surface area (Å²) in [6.07, 6.45) is 1.90. The second kappa shape index (κ2) is 9.12. The molecule has 0 aromatic heterocycles. The Kier molecular flexibility index (Phi) is 5.50. The molecule has 1 aliphatic carbocycles. The van der Waals surface area contributed by atoms with Gasteiger partial charge in [-0.1, -0.05) is 72.8 Å². The van der Waals surface area contributed by atoms with E-state index < -0.39 is 52.1 Å². The van der Waals surface area contributed by atoms with E-state index in [2.05, 4.69) is 0 Å². The van der Waals surface area contributed by atoms with Gasteiger partial charge in [-0.05, 0) is 28.7 Å². The smallest absolute Gasteiger partial charge is 0.319 e. The molecule has 7 rings (SSSR count). The fourth-order valence-electron chi connectivity index (χ4n) is 6.49. The van der Waals surface area contributed by atoms with Crippen molar-refractivity contribution in [2.75, 3.05) is 12.0 Å². The Balaban J connectivity index is 1.43. The number of ether oxygens (including phenoxy) is 2. The normalized spacial score (nSPS) is 22.9. The molecule has 0 saturated carbocycles. The van der Waals surface area contributed by atoms with Crippen molar-refractivity contribution in [3.05, 3.63) is 112 Å². The number of nitro benzene ring substituents is 1. The first-order chi connectivity index (χ1) is 19.9. The molecule has 0 spiro atoms. The molecule has 4 atom stereocenters. The molecular weight excluding hydrogens is 524 g/mol. The summed E-state index contributed by atoms with van der Waals surface area (Å²) in [5.74, 6) is -4.96. The number of hydrogen-bond acceptors (Lipinski definition) is 7. The van der Waals surface area contributed by atoms with E-state index in [0.717, 1.165) is 21.2 Å². The van der Waals surface area contributed by atoms with Gasteiger partial charge in [0.2, 0.25) is 11.8 Å². The number of carbonyl (C=O) groups is 3. The highest BCUT2D eigenvalue weighted by Crippen LogP contribution is 2.56. The van der Waals surface area contributed by atoms with Crippen molar-refractivity contribution in [2.24, 2.45) is 17.8 Å². The third kappa shape index (κ3) is 3.58. The van der Waals surface area contributed by atoms with E-state index in [1.54, 1.807) is 0 Å². The summed E-state index contributed by atoms with van der Waals surface area (Å²) >= 11 is 0. The van der Waals surface area contributed by atoms with Gasteiger partial charge in [-0.25, -0.2) is 4.90 Å². The molecule has 0 bridgehead atoms. The van der Waals surface area contributed by atoms with E-state index in [0.29, 0.717) is 16.9 Å². The number of carbonyl (C=O) groups excluding carboxylic acids is 3. The number of imide groups is 1. The monoisotopic (exact) mass is 546 g/mol. The van der Waals surface area contributed by atoms with E-state index in [-0.39, 0.29) is 11.4 Å². The SMILES string of the molecule is COc1ccc(N2C(=O)[C@@H]3[C@@H]4C(=O)Oc5c(ccc6ccccc56)C4=C[C@H](c4ccccc4)[C@@H]3C2=O)c([N+](=O)[O-])c1. The predicted molar refractivity (Wildman–Crippen MR) is 149 cm³/mol. The summed E-state index contributed by atoms with van der Waals surface area (Å²) in [6.45, 7) is 0. The number of hydrogen-bond donors (Lipinski definition) is 0. The fraction of sp³-hybridized carbons (Fsp3) is 0.156. The molecule has 4 aromatic carbocycles. The summed E-state index contributed by atoms with van der Waals surface area (Å²) in [6, 6.07) is 24.6. The predicted octanol–water partition coefficient (Wildman–Crippen LogP) is 5.28. The molecule has 0 unspecified atom stereocenters. The molecule has 2 amide bonds. The van der Waals surface area contributed by atoms with Crippen LogP contribution in [0.3, 0.4) is 0 Å². The van der Waals surface area contributed by atoms with Crippen LogP contribution in [0.25, 0.3) is 16.3 Å². The molecule has 1 saturated heterocycles. The van der Waals surface area contributed by atoms with Gasteiger partial charge >= 0.3 is 5.97 Å². The lowest BCUT2D eigenvalue weighted by molar-refractivity contribution is -0.384.